The summed E-state index contributed by atoms with van der Waals surface area (Å²) in [6, 6.07) is 0. The Morgan fingerprint density at radius 2 is 0.641 bits per heavy atom. The molecule has 368 valence electrons. The molecule has 0 saturated heterocycles. The van der Waals surface area contributed by atoms with E-state index in [1.165, 1.54) is 135 Å². The van der Waals surface area contributed by atoms with Crippen LogP contribution in [-0.4, -0.2) is 37.2 Å². The van der Waals surface area contributed by atoms with Gasteiger partial charge in [0.05, 0.1) is 0 Å². The average molecular weight is 893 g/mol. The lowest BCUT2D eigenvalue weighted by Gasteiger charge is -2.18. The molecule has 0 N–H and O–H groups in total. The lowest BCUT2D eigenvalue weighted by Crippen LogP contribution is -2.30. The van der Waals surface area contributed by atoms with E-state index < -0.39 is 6.10 Å². The van der Waals surface area contributed by atoms with Gasteiger partial charge in [0.1, 0.15) is 13.2 Å². The highest BCUT2D eigenvalue weighted by Crippen LogP contribution is 2.13. The van der Waals surface area contributed by atoms with Crippen LogP contribution in [0.3, 0.4) is 0 Å². The number of carbonyl (C=O) groups excluding carboxylic acids is 3. The number of ether oxygens (including phenoxy) is 3. The molecule has 0 aliphatic heterocycles. The molecule has 0 spiro atoms. The first kappa shape index (κ1) is 60.9. The van der Waals surface area contributed by atoms with Crippen molar-refractivity contribution in [3.63, 3.8) is 0 Å². The van der Waals surface area contributed by atoms with Crippen LogP contribution in [-0.2, 0) is 28.6 Å². The van der Waals surface area contributed by atoms with Gasteiger partial charge in [0.15, 0.2) is 6.10 Å². The molecule has 0 amide bonds. The van der Waals surface area contributed by atoms with Gasteiger partial charge in [-0.1, -0.05) is 216 Å². The van der Waals surface area contributed by atoms with Crippen LogP contribution in [0.4, 0.5) is 0 Å². The normalized spacial score (nSPS) is 12.6. The Morgan fingerprint density at radius 1 is 0.328 bits per heavy atom. The minimum absolute atomic E-state index is 0.107. The molecule has 0 radical (unpaired) electrons. The molecule has 0 aliphatic carbocycles. The monoisotopic (exact) mass is 893 g/mol. The van der Waals surface area contributed by atoms with Crippen LogP contribution >= 0.6 is 0 Å². The molecule has 0 bridgehead atoms. The molecule has 0 saturated carbocycles. The van der Waals surface area contributed by atoms with Crippen LogP contribution in [0.25, 0.3) is 0 Å². The molecule has 0 aromatic carbocycles. The van der Waals surface area contributed by atoms with Crippen LogP contribution < -0.4 is 0 Å². The number of hydrogen-bond donors (Lipinski definition) is 0. The Bertz CT molecular complexity index is 1210. The van der Waals surface area contributed by atoms with Crippen molar-refractivity contribution < 1.29 is 28.6 Å². The maximum absolute atomic E-state index is 12.8. The van der Waals surface area contributed by atoms with Crippen LogP contribution in [0.5, 0.6) is 0 Å². The molecule has 0 heterocycles. The largest absolute Gasteiger partial charge is 0.462 e. The van der Waals surface area contributed by atoms with Gasteiger partial charge in [-0.25, -0.2) is 0 Å². The molecule has 6 heteroatoms. The fraction of sp³-hybridized carbons (Fsp3) is 0.741. The van der Waals surface area contributed by atoms with Crippen molar-refractivity contribution in [2.45, 2.75) is 264 Å². The van der Waals surface area contributed by atoms with Crippen molar-refractivity contribution in [2.24, 2.45) is 0 Å². The van der Waals surface area contributed by atoms with Crippen LogP contribution in [0.15, 0.2) is 72.9 Å². The average Bonchev–Trinajstić information content (AvgIpc) is 3.29. The van der Waals surface area contributed by atoms with Gasteiger partial charge in [-0.3, -0.25) is 14.4 Å². The van der Waals surface area contributed by atoms with E-state index in [1.54, 1.807) is 0 Å². The summed E-state index contributed by atoms with van der Waals surface area (Å²) < 4.78 is 16.7. The van der Waals surface area contributed by atoms with Gasteiger partial charge < -0.3 is 14.2 Å². The number of allylic oxidation sites excluding steroid dienone is 12. The van der Waals surface area contributed by atoms with Crippen molar-refractivity contribution in [2.75, 3.05) is 13.2 Å². The SMILES string of the molecule is CCCCC/C=C\C/C=C\CCCCCCCCCC(=O)OCC(COC(=O)CC/C=C\C/C=C\CCCCCCCC)OC(=O)CCCCC/C=C\C=C/CCCCCCCCC. The van der Waals surface area contributed by atoms with E-state index in [0.717, 1.165) is 77.0 Å². The molecule has 0 aliphatic rings. The third kappa shape index (κ3) is 49.9. The minimum Gasteiger partial charge on any atom is -0.462 e. The molecule has 0 aromatic rings. The van der Waals surface area contributed by atoms with E-state index in [1.807, 2.05) is 6.08 Å². The second-order valence-electron chi connectivity index (χ2n) is 17.8. The first-order chi connectivity index (χ1) is 31.5. The zero-order valence-corrected chi connectivity index (χ0v) is 42.0. The molecular formula is C58H100O6. The van der Waals surface area contributed by atoms with Crippen molar-refractivity contribution in [1.29, 1.82) is 0 Å². The highest BCUT2D eigenvalue weighted by atomic mass is 16.6. The molecule has 6 nitrogen and oxygen atoms in total. The Hall–Kier alpha value is -3.15. The van der Waals surface area contributed by atoms with Crippen LogP contribution in [0, 0.1) is 0 Å². The van der Waals surface area contributed by atoms with Gasteiger partial charge in [0.25, 0.3) is 0 Å². The standard InChI is InChI=1S/C58H100O6/c1-4-7-10-13-16-19-22-25-27-29-31-33-36-39-42-45-48-51-57(60)63-54-55(53-62-56(59)50-47-44-41-38-35-32-24-21-18-15-12-9-6-3)64-58(61)52-49-46-43-40-37-34-30-28-26-23-20-17-14-11-8-5-2/h16,19,25,27-28,30,32,34-35,37,41,44,55H,4-15,17-18,20-24,26,29,31,33,36,38-40,42-43,45-54H2,1-3H3/b19-16-,27-25-,30-28-,35-32-,37-34-,44-41-. The Morgan fingerprint density at radius 3 is 1.09 bits per heavy atom. The summed E-state index contributed by atoms with van der Waals surface area (Å²) in [5.41, 5.74) is 0. The topological polar surface area (TPSA) is 78.9 Å². The zero-order chi connectivity index (χ0) is 46.5. The number of unbranched alkanes of at least 4 members (excludes halogenated alkanes) is 26. The van der Waals surface area contributed by atoms with E-state index in [0.29, 0.717) is 12.8 Å². The Labute approximate surface area is 395 Å². The van der Waals surface area contributed by atoms with Crippen LogP contribution in [0.1, 0.15) is 258 Å². The smallest absolute Gasteiger partial charge is 0.306 e. The fourth-order valence-electron chi connectivity index (χ4n) is 7.34. The number of hydrogen-bond acceptors (Lipinski definition) is 6. The van der Waals surface area contributed by atoms with E-state index in [4.69, 9.17) is 14.2 Å². The third-order valence-electron chi connectivity index (χ3n) is 11.4. The van der Waals surface area contributed by atoms with Gasteiger partial charge in [0, 0.05) is 19.3 Å². The first-order valence-corrected chi connectivity index (χ1v) is 27.0. The van der Waals surface area contributed by atoms with Gasteiger partial charge in [-0.05, 0) is 96.3 Å². The molecule has 64 heavy (non-hydrogen) atoms. The highest BCUT2D eigenvalue weighted by molar-refractivity contribution is 5.71. The quantitative estimate of drug-likeness (QED) is 0.0199. The molecule has 0 fully saturated rings. The zero-order valence-electron chi connectivity index (χ0n) is 42.0. The van der Waals surface area contributed by atoms with Gasteiger partial charge >= 0.3 is 17.9 Å². The van der Waals surface area contributed by atoms with Crippen molar-refractivity contribution in [1.82, 2.24) is 0 Å². The van der Waals surface area contributed by atoms with Crippen molar-refractivity contribution in [3.8, 4) is 0 Å². The molecular weight excluding hydrogens is 793 g/mol. The van der Waals surface area contributed by atoms with Gasteiger partial charge in [0.2, 0.25) is 0 Å². The Balaban J connectivity index is 4.49. The van der Waals surface area contributed by atoms with E-state index in [-0.39, 0.29) is 44.0 Å². The maximum Gasteiger partial charge on any atom is 0.306 e. The van der Waals surface area contributed by atoms with Crippen molar-refractivity contribution in [3.05, 3.63) is 72.9 Å². The summed E-state index contributed by atoms with van der Waals surface area (Å²) >= 11 is 0. The van der Waals surface area contributed by atoms with Gasteiger partial charge in [-0.15, -0.1) is 0 Å². The predicted molar refractivity (Wildman–Crippen MR) is 274 cm³/mol. The van der Waals surface area contributed by atoms with Crippen molar-refractivity contribution >= 4 is 17.9 Å². The lowest BCUT2D eigenvalue weighted by atomic mass is 10.1. The summed E-state index contributed by atoms with van der Waals surface area (Å²) in [6.45, 7) is 6.52. The molecule has 0 rings (SSSR count). The van der Waals surface area contributed by atoms with E-state index >= 15 is 0 Å². The summed E-state index contributed by atoms with van der Waals surface area (Å²) in [7, 11) is 0. The second-order valence-corrected chi connectivity index (χ2v) is 17.8. The fourth-order valence-corrected chi connectivity index (χ4v) is 7.34. The third-order valence-corrected chi connectivity index (χ3v) is 11.4. The lowest BCUT2D eigenvalue weighted by molar-refractivity contribution is -0.166. The number of carbonyl (C=O) groups is 3. The number of esters is 3. The summed E-state index contributed by atoms with van der Waals surface area (Å²) in [4.78, 5) is 38.0. The predicted octanol–water partition coefficient (Wildman–Crippen LogP) is 17.8. The highest BCUT2D eigenvalue weighted by Gasteiger charge is 2.19. The second kappa shape index (κ2) is 52.5. The summed E-state index contributed by atoms with van der Waals surface area (Å²) in [5, 5.41) is 0. The van der Waals surface area contributed by atoms with E-state index in [2.05, 4.69) is 87.6 Å². The minimum atomic E-state index is -0.814. The summed E-state index contributed by atoms with van der Waals surface area (Å²) in [5.74, 6) is -1.01. The van der Waals surface area contributed by atoms with Crippen LogP contribution in [0.2, 0.25) is 0 Å². The van der Waals surface area contributed by atoms with E-state index in [9.17, 15) is 14.4 Å². The molecule has 1 atom stereocenters. The first-order valence-electron chi connectivity index (χ1n) is 27.0. The maximum atomic E-state index is 12.8. The van der Waals surface area contributed by atoms with Gasteiger partial charge in [-0.2, -0.15) is 0 Å². The summed E-state index contributed by atoms with van der Waals surface area (Å²) in [6.07, 6.45) is 66.1. The molecule has 0 aromatic heterocycles. The number of rotatable bonds is 48. The Kier molecular flexibility index (Phi) is 49.9. The molecule has 1 unspecified atom stereocenters.